The molecule has 8 heteroatoms. The zero-order valence-electron chi connectivity index (χ0n) is 9.68. The van der Waals surface area contributed by atoms with Crippen molar-refractivity contribution in [2.75, 3.05) is 13.2 Å². The van der Waals surface area contributed by atoms with Crippen molar-refractivity contribution in [3.63, 3.8) is 0 Å². The Morgan fingerprint density at radius 3 is 2.84 bits per heavy atom. The summed E-state index contributed by atoms with van der Waals surface area (Å²) in [6, 6.07) is 3.25. The zero-order chi connectivity index (χ0) is 13.8. The number of halogens is 1. The molecule has 0 atom stereocenters. The van der Waals surface area contributed by atoms with Crippen LogP contribution >= 0.6 is 11.6 Å². The minimum Gasteiger partial charge on any atom is -0.486 e. The zero-order valence-corrected chi connectivity index (χ0v) is 10.4. The number of nitrogens with one attached hydrogen (secondary N) is 1. The number of hydrogen-bond donors (Lipinski definition) is 2. The summed E-state index contributed by atoms with van der Waals surface area (Å²) in [7, 11) is 0. The van der Waals surface area contributed by atoms with Crippen LogP contribution in [0.15, 0.2) is 17.2 Å². The number of nitrogens with two attached hydrogens (primary N) is 1. The number of carbonyl (C=O) groups excluding carboxylic acids is 2. The van der Waals surface area contributed by atoms with Gasteiger partial charge in [0.25, 0.3) is 0 Å². The molecule has 7 nitrogen and oxygen atoms in total. The van der Waals surface area contributed by atoms with Crippen molar-refractivity contribution in [2.24, 2.45) is 10.8 Å². The SMILES string of the molecule is NC(=O)C(=O)N/N=C\c1cc(Cl)c2c(c1)OCCO2. The molecule has 0 radical (unpaired) electrons. The van der Waals surface area contributed by atoms with E-state index in [9.17, 15) is 9.59 Å². The normalized spacial score (nSPS) is 13.3. The van der Waals surface area contributed by atoms with Crippen molar-refractivity contribution < 1.29 is 19.1 Å². The second-order valence-electron chi connectivity index (χ2n) is 3.59. The molecule has 100 valence electrons. The van der Waals surface area contributed by atoms with E-state index in [1.165, 1.54) is 6.21 Å². The number of primary amides is 1. The molecule has 1 aromatic carbocycles. The number of benzene rings is 1. The Morgan fingerprint density at radius 1 is 1.37 bits per heavy atom. The van der Waals surface area contributed by atoms with Gasteiger partial charge in [-0.2, -0.15) is 5.10 Å². The number of hydrogen-bond acceptors (Lipinski definition) is 5. The minimum absolute atomic E-state index is 0.375. The van der Waals surface area contributed by atoms with Crippen molar-refractivity contribution in [3.05, 3.63) is 22.7 Å². The largest absolute Gasteiger partial charge is 0.486 e. The third-order valence-corrected chi connectivity index (χ3v) is 2.50. The molecule has 0 unspecified atom stereocenters. The molecular weight excluding hydrogens is 274 g/mol. The van der Waals surface area contributed by atoms with Gasteiger partial charge in [0.15, 0.2) is 11.5 Å². The summed E-state index contributed by atoms with van der Waals surface area (Å²) in [6.45, 7) is 0.872. The molecule has 1 aromatic rings. The van der Waals surface area contributed by atoms with Gasteiger partial charge in [0, 0.05) is 0 Å². The molecule has 1 aliphatic rings. The lowest BCUT2D eigenvalue weighted by Gasteiger charge is -2.19. The molecule has 3 N–H and O–H groups in total. The molecule has 19 heavy (non-hydrogen) atoms. The molecule has 1 heterocycles. The lowest BCUT2D eigenvalue weighted by Crippen LogP contribution is -2.32. The fourth-order valence-electron chi connectivity index (χ4n) is 1.43. The highest BCUT2D eigenvalue weighted by Crippen LogP contribution is 2.37. The van der Waals surface area contributed by atoms with Crippen molar-refractivity contribution >= 4 is 29.6 Å². The Morgan fingerprint density at radius 2 is 2.11 bits per heavy atom. The summed E-state index contributed by atoms with van der Waals surface area (Å²) in [4.78, 5) is 21.3. The van der Waals surface area contributed by atoms with Crippen LogP contribution in [-0.4, -0.2) is 31.2 Å². The van der Waals surface area contributed by atoms with Crippen LogP contribution in [0, 0.1) is 0 Å². The van der Waals surface area contributed by atoms with E-state index < -0.39 is 11.8 Å². The van der Waals surface area contributed by atoms with Gasteiger partial charge in [-0.15, -0.1) is 0 Å². The topological polar surface area (TPSA) is 103 Å². The van der Waals surface area contributed by atoms with Crippen LogP contribution in [0.4, 0.5) is 0 Å². The van der Waals surface area contributed by atoms with Gasteiger partial charge >= 0.3 is 11.8 Å². The van der Waals surface area contributed by atoms with Gasteiger partial charge in [0.2, 0.25) is 0 Å². The molecule has 0 spiro atoms. The number of nitrogens with zero attached hydrogens (tertiary/aromatic N) is 1. The predicted molar refractivity (Wildman–Crippen MR) is 67.4 cm³/mol. The van der Waals surface area contributed by atoms with E-state index in [2.05, 4.69) is 5.10 Å². The first-order chi connectivity index (χ1) is 9.08. The molecule has 0 aromatic heterocycles. The summed E-state index contributed by atoms with van der Waals surface area (Å²) in [5.74, 6) is -1.13. The lowest BCUT2D eigenvalue weighted by atomic mass is 10.2. The maximum atomic E-state index is 10.9. The smallest absolute Gasteiger partial charge is 0.329 e. The molecule has 2 amide bonds. The molecule has 0 aliphatic carbocycles. The summed E-state index contributed by atoms with van der Waals surface area (Å²) in [6.07, 6.45) is 1.31. The van der Waals surface area contributed by atoms with Crippen molar-refractivity contribution in [1.82, 2.24) is 5.43 Å². The van der Waals surface area contributed by atoms with Crippen molar-refractivity contribution in [1.29, 1.82) is 0 Å². The third-order valence-electron chi connectivity index (χ3n) is 2.22. The highest BCUT2D eigenvalue weighted by atomic mass is 35.5. The van der Waals surface area contributed by atoms with Crippen LogP contribution < -0.4 is 20.6 Å². The molecule has 0 fully saturated rings. The second kappa shape index (κ2) is 5.57. The Balaban J connectivity index is 2.13. The molecular formula is C11H10ClN3O4. The monoisotopic (exact) mass is 283 g/mol. The van der Waals surface area contributed by atoms with E-state index in [4.69, 9.17) is 26.8 Å². The first-order valence-corrected chi connectivity index (χ1v) is 5.67. The Hall–Kier alpha value is -2.28. The minimum atomic E-state index is -1.11. The van der Waals surface area contributed by atoms with E-state index in [-0.39, 0.29) is 0 Å². The molecule has 0 bridgehead atoms. The van der Waals surface area contributed by atoms with Gasteiger partial charge in [0.1, 0.15) is 13.2 Å². The van der Waals surface area contributed by atoms with Crippen LogP contribution in [0.5, 0.6) is 11.5 Å². The highest BCUT2D eigenvalue weighted by Gasteiger charge is 2.16. The number of ether oxygens (including phenoxy) is 2. The summed E-state index contributed by atoms with van der Waals surface area (Å²) >= 11 is 6.01. The Kier molecular flexibility index (Phi) is 3.86. The van der Waals surface area contributed by atoms with Crippen LogP contribution in [-0.2, 0) is 9.59 Å². The van der Waals surface area contributed by atoms with Gasteiger partial charge in [0.05, 0.1) is 11.2 Å². The Bertz CT molecular complexity index is 559. The summed E-state index contributed by atoms with van der Waals surface area (Å²) in [5.41, 5.74) is 7.30. The number of carbonyl (C=O) groups is 2. The maximum absolute atomic E-state index is 10.9. The van der Waals surface area contributed by atoms with E-state index in [1.807, 2.05) is 5.43 Å². The molecule has 0 saturated carbocycles. The lowest BCUT2D eigenvalue weighted by molar-refractivity contribution is -0.137. The number of hydrazone groups is 1. The first-order valence-electron chi connectivity index (χ1n) is 5.30. The first kappa shape index (κ1) is 13.2. The fraction of sp³-hybridized carbons (Fsp3) is 0.182. The number of amides is 2. The summed E-state index contributed by atoms with van der Waals surface area (Å²) in [5, 5.41) is 3.95. The van der Waals surface area contributed by atoms with E-state index in [0.29, 0.717) is 35.3 Å². The number of fused-ring (bicyclic) bond motifs is 1. The molecule has 0 saturated heterocycles. The van der Waals surface area contributed by atoms with E-state index in [0.717, 1.165) is 0 Å². The van der Waals surface area contributed by atoms with Gasteiger partial charge in [-0.25, -0.2) is 5.43 Å². The standard InChI is InChI=1S/C11H10ClN3O4/c12-7-3-6(5-14-15-11(17)10(13)16)4-8-9(7)19-2-1-18-8/h3-5H,1-2H2,(H2,13,16)(H,15,17)/b14-5-. The highest BCUT2D eigenvalue weighted by molar-refractivity contribution is 6.34. The van der Waals surface area contributed by atoms with Crippen molar-refractivity contribution in [2.45, 2.75) is 0 Å². The Labute approximate surface area is 113 Å². The van der Waals surface area contributed by atoms with Crippen LogP contribution in [0.25, 0.3) is 0 Å². The number of rotatable bonds is 2. The van der Waals surface area contributed by atoms with Crippen molar-refractivity contribution in [3.8, 4) is 11.5 Å². The van der Waals surface area contributed by atoms with E-state index >= 15 is 0 Å². The van der Waals surface area contributed by atoms with Crippen LogP contribution in [0.3, 0.4) is 0 Å². The quantitative estimate of drug-likeness (QED) is 0.454. The maximum Gasteiger partial charge on any atom is 0.329 e. The molecule has 2 rings (SSSR count). The molecule has 1 aliphatic heterocycles. The van der Waals surface area contributed by atoms with Gasteiger partial charge in [-0.05, 0) is 17.7 Å². The van der Waals surface area contributed by atoms with Gasteiger partial charge in [-0.1, -0.05) is 11.6 Å². The summed E-state index contributed by atoms with van der Waals surface area (Å²) < 4.78 is 10.7. The van der Waals surface area contributed by atoms with Crippen LogP contribution in [0.1, 0.15) is 5.56 Å². The average molecular weight is 284 g/mol. The van der Waals surface area contributed by atoms with Gasteiger partial charge < -0.3 is 15.2 Å². The van der Waals surface area contributed by atoms with Gasteiger partial charge in [-0.3, -0.25) is 9.59 Å². The fourth-order valence-corrected chi connectivity index (χ4v) is 1.70. The third kappa shape index (κ3) is 3.14. The average Bonchev–Trinajstić information content (AvgIpc) is 2.38. The van der Waals surface area contributed by atoms with Crippen LogP contribution in [0.2, 0.25) is 5.02 Å². The van der Waals surface area contributed by atoms with E-state index in [1.54, 1.807) is 12.1 Å². The predicted octanol–water partition coefficient (Wildman–Crippen LogP) is 0.0466. The second-order valence-corrected chi connectivity index (χ2v) is 4.00.